The first-order valence-electron chi connectivity index (χ1n) is 11.9. The normalized spacial score (nSPS) is 20.6. The third-order valence-electron chi connectivity index (χ3n) is 6.29. The van der Waals surface area contributed by atoms with E-state index in [0.717, 1.165) is 47.3 Å². The van der Waals surface area contributed by atoms with E-state index in [1.165, 1.54) is 11.3 Å². The van der Waals surface area contributed by atoms with Crippen LogP contribution in [0.25, 0.3) is 16.8 Å². The standard InChI is InChI=1S/C26H34N4O3/c1-7-21-18(5)27-26(33-30-23-12-10-9-11-22(23)28-29-30)24(19(6)31-8-2)25(21)32-20-14-16(3)13-17(4)15-20/h9-12,16-17,20H,6-8,13-15H2,1-5H3. The lowest BCUT2D eigenvalue weighted by Gasteiger charge is -2.33. The Morgan fingerprint density at radius 3 is 2.55 bits per heavy atom. The SMILES string of the molecule is C=C(OCC)c1c(On2nnc3ccccc32)nc(C)c(CC)c1OC1CC(C)CC(C)C1. The lowest BCUT2D eigenvalue weighted by atomic mass is 9.81. The van der Waals surface area contributed by atoms with Crippen molar-refractivity contribution in [3.63, 3.8) is 0 Å². The van der Waals surface area contributed by atoms with E-state index in [-0.39, 0.29) is 6.10 Å². The van der Waals surface area contributed by atoms with Crippen molar-refractivity contribution in [2.45, 2.75) is 66.4 Å². The van der Waals surface area contributed by atoms with Gasteiger partial charge in [0.1, 0.15) is 28.1 Å². The van der Waals surface area contributed by atoms with Crippen LogP contribution in [0.1, 0.15) is 63.8 Å². The topological polar surface area (TPSA) is 71.3 Å². The lowest BCUT2D eigenvalue weighted by molar-refractivity contribution is 0.0978. The van der Waals surface area contributed by atoms with Gasteiger partial charge >= 0.3 is 0 Å². The molecule has 1 aromatic carbocycles. The molecule has 0 radical (unpaired) electrons. The van der Waals surface area contributed by atoms with Gasteiger partial charge in [0, 0.05) is 11.3 Å². The largest absolute Gasteiger partial charge is 0.494 e. The van der Waals surface area contributed by atoms with Crippen molar-refractivity contribution in [3.8, 4) is 11.6 Å². The molecule has 1 aliphatic rings. The highest BCUT2D eigenvalue weighted by Crippen LogP contribution is 2.41. The summed E-state index contributed by atoms with van der Waals surface area (Å²) in [6.07, 6.45) is 4.20. The van der Waals surface area contributed by atoms with Crippen LogP contribution in [0.4, 0.5) is 0 Å². The summed E-state index contributed by atoms with van der Waals surface area (Å²) in [6.45, 7) is 15.3. The van der Waals surface area contributed by atoms with Crippen LogP contribution in [0, 0.1) is 18.8 Å². The molecule has 0 amide bonds. The first kappa shape index (κ1) is 23.1. The van der Waals surface area contributed by atoms with Gasteiger partial charge in [-0.2, -0.15) is 0 Å². The van der Waals surface area contributed by atoms with Crippen molar-refractivity contribution in [1.82, 2.24) is 20.1 Å². The summed E-state index contributed by atoms with van der Waals surface area (Å²) >= 11 is 0. The van der Waals surface area contributed by atoms with Crippen LogP contribution in [0.3, 0.4) is 0 Å². The summed E-state index contributed by atoms with van der Waals surface area (Å²) in [5, 5.41) is 8.36. The molecule has 33 heavy (non-hydrogen) atoms. The van der Waals surface area contributed by atoms with Crippen LogP contribution in [-0.2, 0) is 11.2 Å². The Morgan fingerprint density at radius 2 is 1.85 bits per heavy atom. The van der Waals surface area contributed by atoms with Gasteiger partial charge in [-0.25, -0.2) is 4.98 Å². The highest BCUT2D eigenvalue weighted by molar-refractivity contribution is 5.74. The van der Waals surface area contributed by atoms with Crippen molar-refractivity contribution < 1.29 is 14.3 Å². The quantitative estimate of drug-likeness (QED) is 0.407. The molecule has 0 spiro atoms. The maximum Gasteiger partial charge on any atom is 0.263 e. The van der Waals surface area contributed by atoms with Gasteiger partial charge in [-0.15, -0.1) is 5.10 Å². The molecule has 1 fully saturated rings. The number of hydrogen-bond donors (Lipinski definition) is 0. The minimum absolute atomic E-state index is 0.129. The Balaban J connectivity index is 1.81. The monoisotopic (exact) mass is 450 g/mol. The van der Waals surface area contributed by atoms with Crippen LogP contribution in [0.5, 0.6) is 11.6 Å². The average molecular weight is 451 g/mol. The molecule has 1 saturated carbocycles. The van der Waals surface area contributed by atoms with E-state index in [9.17, 15) is 0 Å². The van der Waals surface area contributed by atoms with Crippen LogP contribution in [-0.4, -0.2) is 32.9 Å². The van der Waals surface area contributed by atoms with E-state index in [0.29, 0.717) is 35.6 Å². The van der Waals surface area contributed by atoms with Gasteiger partial charge in [-0.05, 0) is 68.7 Å². The van der Waals surface area contributed by atoms with Gasteiger partial charge in [0.25, 0.3) is 5.88 Å². The molecule has 3 aromatic rings. The van der Waals surface area contributed by atoms with Crippen LogP contribution < -0.4 is 9.57 Å². The Labute approximate surface area is 195 Å². The molecule has 7 heteroatoms. The van der Waals surface area contributed by atoms with Crippen molar-refractivity contribution >= 4 is 16.8 Å². The number of aryl methyl sites for hydroxylation is 1. The lowest BCUT2D eigenvalue weighted by Crippen LogP contribution is -2.29. The number of fused-ring (bicyclic) bond motifs is 1. The predicted octanol–water partition coefficient (Wildman–Crippen LogP) is 5.75. The molecule has 2 heterocycles. The molecular formula is C26H34N4O3. The average Bonchev–Trinajstić information content (AvgIpc) is 3.16. The molecule has 176 valence electrons. The van der Waals surface area contributed by atoms with Gasteiger partial charge in [0.2, 0.25) is 0 Å². The second kappa shape index (κ2) is 9.81. The summed E-state index contributed by atoms with van der Waals surface area (Å²) in [4.78, 5) is 12.4. The van der Waals surface area contributed by atoms with Crippen molar-refractivity contribution in [2.24, 2.45) is 11.8 Å². The second-order valence-corrected chi connectivity index (χ2v) is 9.09. The number of benzene rings is 1. The molecule has 0 N–H and O–H groups in total. The van der Waals surface area contributed by atoms with E-state index in [1.807, 2.05) is 38.1 Å². The highest BCUT2D eigenvalue weighted by atomic mass is 16.7. The number of nitrogens with zero attached hydrogens (tertiary/aromatic N) is 4. The number of aromatic nitrogens is 4. The summed E-state index contributed by atoms with van der Waals surface area (Å²) in [5.41, 5.74) is 4.04. The Bertz CT molecular complexity index is 1130. The number of rotatable bonds is 8. The molecule has 7 nitrogen and oxygen atoms in total. The zero-order chi connectivity index (χ0) is 23.5. The summed E-state index contributed by atoms with van der Waals surface area (Å²) < 4.78 is 12.6. The molecule has 2 unspecified atom stereocenters. The predicted molar refractivity (Wildman–Crippen MR) is 129 cm³/mol. The van der Waals surface area contributed by atoms with E-state index in [1.54, 1.807) is 0 Å². The molecule has 2 aromatic heterocycles. The van der Waals surface area contributed by atoms with E-state index in [4.69, 9.17) is 19.3 Å². The van der Waals surface area contributed by atoms with Crippen molar-refractivity contribution in [2.75, 3.05) is 6.61 Å². The Kier molecular flexibility index (Phi) is 6.86. The third-order valence-corrected chi connectivity index (χ3v) is 6.29. The summed E-state index contributed by atoms with van der Waals surface area (Å²) in [5.74, 6) is 2.84. The van der Waals surface area contributed by atoms with Gasteiger partial charge in [0.15, 0.2) is 0 Å². The third kappa shape index (κ3) is 4.82. The van der Waals surface area contributed by atoms with Gasteiger partial charge in [0.05, 0.1) is 12.7 Å². The van der Waals surface area contributed by atoms with Crippen LogP contribution in [0.2, 0.25) is 0 Å². The maximum atomic E-state index is 6.74. The number of para-hydroxylation sites is 1. The molecule has 1 aliphatic carbocycles. The van der Waals surface area contributed by atoms with Crippen molar-refractivity contribution in [3.05, 3.63) is 47.7 Å². The molecule has 2 atom stereocenters. The maximum absolute atomic E-state index is 6.74. The number of ether oxygens (including phenoxy) is 2. The summed E-state index contributed by atoms with van der Waals surface area (Å²) in [7, 11) is 0. The fourth-order valence-corrected chi connectivity index (χ4v) is 4.93. The second-order valence-electron chi connectivity index (χ2n) is 9.09. The van der Waals surface area contributed by atoms with Crippen molar-refractivity contribution in [1.29, 1.82) is 0 Å². The first-order chi connectivity index (χ1) is 15.9. The smallest absolute Gasteiger partial charge is 0.263 e. The molecule has 0 saturated heterocycles. The molecule has 0 bridgehead atoms. The number of hydrogen-bond acceptors (Lipinski definition) is 6. The fraction of sp³-hybridized carbons (Fsp3) is 0.500. The minimum atomic E-state index is 0.129. The minimum Gasteiger partial charge on any atom is -0.494 e. The molecule has 4 rings (SSSR count). The molecular weight excluding hydrogens is 416 g/mol. The van der Waals surface area contributed by atoms with Crippen LogP contribution >= 0.6 is 0 Å². The highest BCUT2D eigenvalue weighted by Gasteiger charge is 2.30. The molecule has 0 aliphatic heterocycles. The van der Waals surface area contributed by atoms with Crippen LogP contribution in [0.15, 0.2) is 30.8 Å². The van der Waals surface area contributed by atoms with Gasteiger partial charge < -0.3 is 14.3 Å². The zero-order valence-corrected chi connectivity index (χ0v) is 20.3. The first-order valence-corrected chi connectivity index (χ1v) is 11.9. The van der Waals surface area contributed by atoms with E-state index < -0.39 is 0 Å². The summed E-state index contributed by atoms with van der Waals surface area (Å²) in [6, 6.07) is 7.63. The van der Waals surface area contributed by atoms with Gasteiger partial charge in [-0.1, -0.05) is 44.3 Å². The Morgan fingerprint density at radius 1 is 1.12 bits per heavy atom. The fourth-order valence-electron chi connectivity index (χ4n) is 4.93. The number of pyridine rings is 1. The zero-order valence-electron chi connectivity index (χ0n) is 20.3. The van der Waals surface area contributed by atoms with Gasteiger partial charge in [-0.3, -0.25) is 0 Å². The van der Waals surface area contributed by atoms with E-state index >= 15 is 0 Å². The Hall–Kier alpha value is -3.09. The van der Waals surface area contributed by atoms with E-state index in [2.05, 4.69) is 37.7 Å².